The standard InChI is InChI=1S/C25H32N2O4/c1-18(2)20-7-9-21(10-8-20)25(30)27-13-11-26(12-14-27)16-23(29)17-31-24-6-4-5-22(15-24)19(3)28/h4-10,15,18,23,29H,11-14,16-17H2,1-3H3. The quantitative estimate of drug-likeness (QED) is 0.659. The van der Waals surface area contributed by atoms with Crippen LogP contribution in [0.2, 0.25) is 0 Å². The van der Waals surface area contributed by atoms with E-state index >= 15 is 0 Å². The molecule has 0 bridgehead atoms. The maximum Gasteiger partial charge on any atom is 0.253 e. The van der Waals surface area contributed by atoms with Crippen molar-refractivity contribution in [2.45, 2.75) is 32.8 Å². The van der Waals surface area contributed by atoms with Crippen molar-refractivity contribution in [2.75, 3.05) is 39.3 Å². The van der Waals surface area contributed by atoms with E-state index in [0.717, 1.165) is 5.56 Å². The molecule has 31 heavy (non-hydrogen) atoms. The lowest BCUT2D eigenvalue weighted by atomic mass is 10.0. The maximum atomic E-state index is 12.8. The second-order valence-electron chi connectivity index (χ2n) is 8.42. The summed E-state index contributed by atoms with van der Waals surface area (Å²) >= 11 is 0. The molecule has 166 valence electrons. The number of carbonyl (C=O) groups is 2. The van der Waals surface area contributed by atoms with E-state index in [1.807, 2.05) is 29.2 Å². The van der Waals surface area contributed by atoms with Gasteiger partial charge in [-0.3, -0.25) is 14.5 Å². The zero-order chi connectivity index (χ0) is 22.4. The summed E-state index contributed by atoms with van der Waals surface area (Å²) in [6.07, 6.45) is -0.646. The van der Waals surface area contributed by atoms with Gasteiger partial charge in [-0.1, -0.05) is 38.1 Å². The molecular weight excluding hydrogens is 392 g/mol. The van der Waals surface area contributed by atoms with Gasteiger partial charge in [-0.15, -0.1) is 0 Å². The average Bonchev–Trinajstić information content (AvgIpc) is 2.78. The third-order valence-electron chi connectivity index (χ3n) is 5.64. The third kappa shape index (κ3) is 6.39. The number of aliphatic hydroxyl groups is 1. The van der Waals surface area contributed by atoms with E-state index in [1.54, 1.807) is 24.3 Å². The summed E-state index contributed by atoms with van der Waals surface area (Å²) in [5, 5.41) is 10.4. The van der Waals surface area contributed by atoms with Gasteiger partial charge in [0.25, 0.3) is 5.91 Å². The first-order chi connectivity index (χ1) is 14.8. The molecule has 6 heteroatoms. The molecule has 0 radical (unpaired) electrons. The lowest BCUT2D eigenvalue weighted by Crippen LogP contribution is -2.51. The van der Waals surface area contributed by atoms with Gasteiger partial charge >= 0.3 is 0 Å². The number of benzene rings is 2. The number of Topliss-reactive ketones (excluding diaryl/α,β-unsaturated/α-hetero) is 1. The highest BCUT2D eigenvalue weighted by molar-refractivity contribution is 5.94. The van der Waals surface area contributed by atoms with E-state index in [2.05, 4.69) is 18.7 Å². The number of hydrogen-bond donors (Lipinski definition) is 1. The first kappa shape index (κ1) is 23.0. The van der Waals surface area contributed by atoms with Crippen LogP contribution in [0.1, 0.15) is 53.0 Å². The highest BCUT2D eigenvalue weighted by Crippen LogP contribution is 2.17. The summed E-state index contributed by atoms with van der Waals surface area (Å²) in [7, 11) is 0. The Morgan fingerprint density at radius 2 is 1.68 bits per heavy atom. The van der Waals surface area contributed by atoms with Gasteiger partial charge in [-0.05, 0) is 42.7 Å². The number of nitrogens with zero attached hydrogens (tertiary/aromatic N) is 2. The fourth-order valence-corrected chi connectivity index (χ4v) is 3.67. The Bertz CT molecular complexity index is 887. The van der Waals surface area contributed by atoms with Gasteiger partial charge in [0.1, 0.15) is 18.5 Å². The molecule has 1 aliphatic heterocycles. The van der Waals surface area contributed by atoms with Crippen molar-refractivity contribution in [3.05, 3.63) is 65.2 Å². The number of ether oxygens (including phenoxy) is 1. The first-order valence-corrected chi connectivity index (χ1v) is 10.9. The molecule has 1 heterocycles. The van der Waals surface area contributed by atoms with Crippen molar-refractivity contribution in [3.8, 4) is 5.75 Å². The van der Waals surface area contributed by atoms with Crippen LogP contribution in [0.4, 0.5) is 0 Å². The second kappa shape index (κ2) is 10.6. The summed E-state index contributed by atoms with van der Waals surface area (Å²) in [6, 6.07) is 14.8. The lowest BCUT2D eigenvalue weighted by Gasteiger charge is -2.35. The summed E-state index contributed by atoms with van der Waals surface area (Å²) in [5.41, 5.74) is 2.54. The van der Waals surface area contributed by atoms with Crippen LogP contribution in [0.3, 0.4) is 0 Å². The Kier molecular flexibility index (Phi) is 7.82. The minimum Gasteiger partial charge on any atom is -0.491 e. The van der Waals surface area contributed by atoms with Crippen LogP contribution in [0.25, 0.3) is 0 Å². The summed E-state index contributed by atoms with van der Waals surface area (Å²) in [4.78, 5) is 28.2. The van der Waals surface area contributed by atoms with Gasteiger partial charge < -0.3 is 14.7 Å². The molecule has 0 spiro atoms. The number of carbonyl (C=O) groups excluding carboxylic acids is 2. The van der Waals surface area contributed by atoms with Crippen LogP contribution in [0.15, 0.2) is 48.5 Å². The Morgan fingerprint density at radius 3 is 2.29 bits per heavy atom. The van der Waals surface area contributed by atoms with E-state index in [4.69, 9.17) is 4.74 Å². The Labute approximate surface area is 184 Å². The van der Waals surface area contributed by atoms with Gasteiger partial charge in [-0.2, -0.15) is 0 Å². The molecule has 3 rings (SSSR count). The molecule has 1 atom stereocenters. The molecule has 0 aromatic heterocycles. The number of aliphatic hydroxyl groups excluding tert-OH is 1. The molecule has 1 fully saturated rings. The molecule has 2 aromatic carbocycles. The fourth-order valence-electron chi connectivity index (χ4n) is 3.67. The van der Waals surface area contributed by atoms with E-state index in [-0.39, 0.29) is 18.3 Å². The number of rotatable bonds is 8. The number of ketones is 1. The Morgan fingerprint density at radius 1 is 1.00 bits per heavy atom. The summed E-state index contributed by atoms with van der Waals surface area (Å²) in [5.74, 6) is 1.06. The van der Waals surface area contributed by atoms with Gasteiger partial charge in [-0.25, -0.2) is 0 Å². The zero-order valence-electron chi connectivity index (χ0n) is 18.6. The monoisotopic (exact) mass is 424 g/mol. The SMILES string of the molecule is CC(=O)c1cccc(OCC(O)CN2CCN(C(=O)c3ccc(C(C)C)cc3)CC2)c1. The van der Waals surface area contributed by atoms with Crippen LogP contribution >= 0.6 is 0 Å². The van der Waals surface area contributed by atoms with E-state index in [1.165, 1.54) is 12.5 Å². The van der Waals surface area contributed by atoms with Crippen molar-refractivity contribution in [2.24, 2.45) is 0 Å². The molecule has 0 saturated carbocycles. The van der Waals surface area contributed by atoms with Crippen molar-refractivity contribution >= 4 is 11.7 Å². The molecule has 1 unspecified atom stereocenters. The Balaban J connectivity index is 1.43. The zero-order valence-corrected chi connectivity index (χ0v) is 18.6. The largest absolute Gasteiger partial charge is 0.491 e. The molecule has 0 aliphatic carbocycles. The predicted octanol–water partition coefficient (Wildman–Crippen LogP) is 3.21. The molecule has 1 amide bonds. The minimum absolute atomic E-state index is 0.0192. The third-order valence-corrected chi connectivity index (χ3v) is 5.64. The van der Waals surface area contributed by atoms with Crippen LogP contribution in [-0.4, -0.2) is 72.0 Å². The van der Waals surface area contributed by atoms with Gasteiger partial charge in [0.2, 0.25) is 0 Å². The van der Waals surface area contributed by atoms with Gasteiger partial charge in [0, 0.05) is 43.9 Å². The highest BCUT2D eigenvalue weighted by Gasteiger charge is 2.23. The lowest BCUT2D eigenvalue weighted by molar-refractivity contribution is 0.0403. The molecular formula is C25H32N2O4. The van der Waals surface area contributed by atoms with E-state index in [0.29, 0.717) is 50.0 Å². The van der Waals surface area contributed by atoms with Crippen LogP contribution in [-0.2, 0) is 0 Å². The number of amides is 1. The molecule has 1 N–H and O–H groups in total. The van der Waals surface area contributed by atoms with E-state index in [9.17, 15) is 14.7 Å². The van der Waals surface area contributed by atoms with Gasteiger partial charge in [0.15, 0.2) is 5.78 Å². The van der Waals surface area contributed by atoms with Crippen molar-refractivity contribution < 1.29 is 19.4 Å². The average molecular weight is 425 g/mol. The molecule has 6 nitrogen and oxygen atoms in total. The molecule has 2 aromatic rings. The van der Waals surface area contributed by atoms with Crippen molar-refractivity contribution in [3.63, 3.8) is 0 Å². The number of hydrogen-bond acceptors (Lipinski definition) is 5. The number of piperazine rings is 1. The summed E-state index contributed by atoms with van der Waals surface area (Å²) in [6.45, 7) is 9.13. The minimum atomic E-state index is -0.646. The van der Waals surface area contributed by atoms with Crippen LogP contribution in [0.5, 0.6) is 5.75 Å². The van der Waals surface area contributed by atoms with Crippen LogP contribution in [0, 0.1) is 0 Å². The van der Waals surface area contributed by atoms with Crippen LogP contribution < -0.4 is 4.74 Å². The van der Waals surface area contributed by atoms with Crippen molar-refractivity contribution in [1.82, 2.24) is 9.80 Å². The second-order valence-corrected chi connectivity index (χ2v) is 8.42. The normalized spacial score (nSPS) is 15.7. The molecule has 1 aliphatic rings. The van der Waals surface area contributed by atoms with Gasteiger partial charge in [0.05, 0.1) is 0 Å². The van der Waals surface area contributed by atoms with Crippen molar-refractivity contribution in [1.29, 1.82) is 0 Å². The maximum absolute atomic E-state index is 12.8. The Hall–Kier alpha value is -2.70. The fraction of sp³-hybridized carbons (Fsp3) is 0.440. The summed E-state index contributed by atoms with van der Waals surface area (Å²) < 4.78 is 5.65. The smallest absolute Gasteiger partial charge is 0.253 e. The molecule has 1 saturated heterocycles. The van der Waals surface area contributed by atoms with E-state index < -0.39 is 6.10 Å². The predicted molar refractivity (Wildman–Crippen MR) is 121 cm³/mol. The first-order valence-electron chi connectivity index (χ1n) is 10.9. The topological polar surface area (TPSA) is 70.1 Å². The number of β-amino-alcohol motifs (C(OH)–C–C–N with tert-alkyl or cyclic N) is 1. The highest BCUT2D eigenvalue weighted by atomic mass is 16.5.